The third-order valence-electron chi connectivity index (χ3n) is 3.37. The third kappa shape index (κ3) is 3.56. The van der Waals surface area contributed by atoms with Crippen LogP contribution in [0.2, 0.25) is 0 Å². The Balaban J connectivity index is 1.89. The van der Waals surface area contributed by atoms with Crippen LogP contribution in [0, 0.1) is 5.92 Å². The molecule has 4 heteroatoms. The number of halogens is 1. The highest BCUT2D eigenvalue weighted by atomic mass is 79.9. The van der Waals surface area contributed by atoms with Gasteiger partial charge < -0.3 is 9.84 Å². The molecule has 1 aromatic carbocycles. The summed E-state index contributed by atoms with van der Waals surface area (Å²) in [5.41, 5.74) is 1.12. The van der Waals surface area contributed by atoms with Gasteiger partial charge in [-0.25, -0.2) is 0 Å². The van der Waals surface area contributed by atoms with Gasteiger partial charge in [-0.1, -0.05) is 46.3 Å². The second-order valence-corrected chi connectivity index (χ2v) is 5.88. The zero-order chi connectivity index (χ0) is 13.0. The fourth-order valence-corrected chi connectivity index (χ4v) is 2.90. The molecule has 1 aliphatic carbocycles. The number of rotatable bonds is 4. The molecule has 0 amide bonds. The quantitative estimate of drug-likeness (QED) is 0.868. The Morgan fingerprint density at radius 1 is 1.33 bits per heavy atom. The third-order valence-corrected chi connectivity index (χ3v) is 4.41. The van der Waals surface area contributed by atoms with Gasteiger partial charge in [0.2, 0.25) is 0 Å². The van der Waals surface area contributed by atoms with Crippen molar-refractivity contribution in [2.45, 2.75) is 36.8 Å². The molecule has 0 heterocycles. The van der Waals surface area contributed by atoms with Gasteiger partial charge in [-0.15, -0.1) is 0 Å². The van der Waals surface area contributed by atoms with E-state index in [1.807, 2.05) is 30.3 Å². The summed E-state index contributed by atoms with van der Waals surface area (Å²) < 4.78 is 5.85. The smallest absolute Gasteiger partial charge is 0.306 e. The Kier molecular flexibility index (Phi) is 4.78. The summed E-state index contributed by atoms with van der Waals surface area (Å²) in [6.07, 6.45) is 2.17. The van der Waals surface area contributed by atoms with Gasteiger partial charge in [0.05, 0.1) is 18.6 Å². The van der Waals surface area contributed by atoms with Crippen LogP contribution in [0.25, 0.3) is 0 Å². The highest BCUT2D eigenvalue weighted by Gasteiger charge is 2.33. The molecule has 3 atom stereocenters. The van der Waals surface area contributed by atoms with Gasteiger partial charge in [0.25, 0.3) is 0 Å². The van der Waals surface area contributed by atoms with E-state index in [0.717, 1.165) is 18.4 Å². The first-order chi connectivity index (χ1) is 8.66. The summed E-state index contributed by atoms with van der Waals surface area (Å²) in [4.78, 5) is 11.3. The summed E-state index contributed by atoms with van der Waals surface area (Å²) in [6, 6.07) is 9.95. The molecule has 1 N–H and O–H groups in total. The first-order valence-electron chi connectivity index (χ1n) is 6.19. The molecule has 0 saturated heterocycles. The average Bonchev–Trinajstić information content (AvgIpc) is 2.38. The van der Waals surface area contributed by atoms with Crippen LogP contribution in [-0.4, -0.2) is 22.0 Å². The minimum Gasteiger partial charge on any atom is -0.481 e. The molecule has 1 fully saturated rings. The molecule has 1 aromatic rings. The molecule has 1 aliphatic rings. The van der Waals surface area contributed by atoms with E-state index in [4.69, 9.17) is 9.84 Å². The number of hydrogen-bond acceptors (Lipinski definition) is 2. The maximum atomic E-state index is 11.0. The molecule has 0 aliphatic heterocycles. The molecular formula is C14H17BrO3. The largest absolute Gasteiger partial charge is 0.481 e. The molecule has 3 nitrogen and oxygen atoms in total. The number of aliphatic carboxylic acids is 1. The van der Waals surface area contributed by atoms with Crippen LogP contribution in [-0.2, 0) is 16.1 Å². The second kappa shape index (κ2) is 6.34. The van der Waals surface area contributed by atoms with E-state index in [1.165, 1.54) is 0 Å². The van der Waals surface area contributed by atoms with Gasteiger partial charge in [-0.3, -0.25) is 4.79 Å². The van der Waals surface area contributed by atoms with Gasteiger partial charge in [-0.05, 0) is 24.8 Å². The zero-order valence-electron chi connectivity index (χ0n) is 10.1. The minimum atomic E-state index is -0.706. The van der Waals surface area contributed by atoms with Crippen molar-refractivity contribution in [2.75, 3.05) is 0 Å². The van der Waals surface area contributed by atoms with E-state index in [9.17, 15) is 4.79 Å². The molecule has 0 bridgehead atoms. The summed E-state index contributed by atoms with van der Waals surface area (Å²) in [5.74, 6) is -0.970. The summed E-state index contributed by atoms with van der Waals surface area (Å²) in [7, 11) is 0. The highest BCUT2D eigenvalue weighted by molar-refractivity contribution is 9.09. The highest BCUT2D eigenvalue weighted by Crippen LogP contribution is 2.31. The molecule has 0 spiro atoms. The maximum Gasteiger partial charge on any atom is 0.306 e. The first kappa shape index (κ1) is 13.6. The van der Waals surface area contributed by atoms with Crippen LogP contribution >= 0.6 is 15.9 Å². The fourth-order valence-electron chi connectivity index (χ4n) is 2.27. The fraction of sp³-hybridized carbons (Fsp3) is 0.500. The molecule has 98 valence electrons. The summed E-state index contributed by atoms with van der Waals surface area (Å²) in [5, 5.41) is 9.06. The monoisotopic (exact) mass is 312 g/mol. The number of carbonyl (C=O) groups is 1. The van der Waals surface area contributed by atoms with Gasteiger partial charge in [0.15, 0.2) is 0 Å². The molecule has 18 heavy (non-hydrogen) atoms. The number of carboxylic acid groups (broad SMARTS) is 1. The van der Waals surface area contributed by atoms with Crippen molar-refractivity contribution in [3.63, 3.8) is 0 Å². The van der Waals surface area contributed by atoms with E-state index in [2.05, 4.69) is 15.9 Å². The Morgan fingerprint density at radius 3 is 2.72 bits per heavy atom. The number of benzene rings is 1. The lowest BCUT2D eigenvalue weighted by Gasteiger charge is -2.31. The molecule has 2 rings (SSSR count). The normalized spacial score (nSPS) is 27.9. The first-order valence-corrected chi connectivity index (χ1v) is 7.11. The number of ether oxygens (including phenoxy) is 1. The molecule has 0 aromatic heterocycles. The van der Waals surface area contributed by atoms with E-state index in [-0.39, 0.29) is 16.8 Å². The van der Waals surface area contributed by atoms with Crippen molar-refractivity contribution in [3.05, 3.63) is 35.9 Å². The minimum absolute atomic E-state index is 0.0138. The Morgan fingerprint density at radius 2 is 2.06 bits per heavy atom. The molecule has 0 radical (unpaired) electrons. The number of alkyl halides is 1. The van der Waals surface area contributed by atoms with Crippen molar-refractivity contribution >= 4 is 21.9 Å². The van der Waals surface area contributed by atoms with Gasteiger partial charge in [-0.2, -0.15) is 0 Å². The standard InChI is InChI=1S/C14H17BrO3/c15-12-7-6-11(14(16)17)8-13(12)18-9-10-4-2-1-3-5-10/h1-5,11-13H,6-9H2,(H,16,17)/t11-,12-,13-/m1/s1. The summed E-state index contributed by atoms with van der Waals surface area (Å²) >= 11 is 3.59. The van der Waals surface area contributed by atoms with Crippen molar-refractivity contribution in [1.82, 2.24) is 0 Å². The van der Waals surface area contributed by atoms with Gasteiger partial charge in [0, 0.05) is 4.83 Å². The van der Waals surface area contributed by atoms with E-state index < -0.39 is 5.97 Å². The SMILES string of the molecule is O=C(O)[C@@H]1CC[C@@H](Br)[C@H](OCc2ccccc2)C1. The average molecular weight is 313 g/mol. The maximum absolute atomic E-state index is 11.0. The second-order valence-electron chi connectivity index (χ2n) is 4.70. The molecular weight excluding hydrogens is 296 g/mol. The lowest BCUT2D eigenvalue weighted by molar-refractivity contribution is -0.144. The Hall–Kier alpha value is -0.870. The van der Waals surface area contributed by atoms with Crippen LogP contribution < -0.4 is 0 Å². The van der Waals surface area contributed by atoms with Gasteiger partial charge >= 0.3 is 5.97 Å². The van der Waals surface area contributed by atoms with E-state index >= 15 is 0 Å². The van der Waals surface area contributed by atoms with Crippen molar-refractivity contribution < 1.29 is 14.6 Å². The lowest BCUT2D eigenvalue weighted by atomic mass is 9.87. The lowest BCUT2D eigenvalue weighted by Crippen LogP contribution is -2.35. The van der Waals surface area contributed by atoms with E-state index in [1.54, 1.807) is 0 Å². The predicted molar refractivity (Wildman–Crippen MR) is 72.7 cm³/mol. The van der Waals surface area contributed by atoms with Crippen molar-refractivity contribution in [1.29, 1.82) is 0 Å². The topological polar surface area (TPSA) is 46.5 Å². The van der Waals surface area contributed by atoms with Crippen LogP contribution in [0.15, 0.2) is 30.3 Å². The Labute approximate surface area is 115 Å². The van der Waals surface area contributed by atoms with Crippen LogP contribution in [0.1, 0.15) is 24.8 Å². The van der Waals surface area contributed by atoms with Crippen LogP contribution in [0.4, 0.5) is 0 Å². The van der Waals surface area contributed by atoms with Crippen molar-refractivity contribution in [3.8, 4) is 0 Å². The number of hydrogen-bond donors (Lipinski definition) is 1. The molecule has 1 saturated carbocycles. The van der Waals surface area contributed by atoms with E-state index in [0.29, 0.717) is 13.0 Å². The zero-order valence-corrected chi connectivity index (χ0v) is 11.7. The number of carboxylic acids is 1. The van der Waals surface area contributed by atoms with Crippen LogP contribution in [0.5, 0.6) is 0 Å². The molecule has 0 unspecified atom stereocenters. The Bertz CT molecular complexity index is 393. The predicted octanol–water partition coefficient (Wildman–Crippen LogP) is 3.22. The van der Waals surface area contributed by atoms with Gasteiger partial charge in [0.1, 0.15) is 0 Å². The van der Waals surface area contributed by atoms with Crippen molar-refractivity contribution in [2.24, 2.45) is 5.92 Å². The van der Waals surface area contributed by atoms with Crippen LogP contribution in [0.3, 0.4) is 0 Å². The summed E-state index contributed by atoms with van der Waals surface area (Å²) in [6.45, 7) is 0.542.